The Hall–Kier alpha value is -1.42. The molecule has 0 amide bonds. The van der Waals surface area contributed by atoms with Crippen molar-refractivity contribution in [2.24, 2.45) is 5.73 Å². The van der Waals surface area contributed by atoms with Crippen LogP contribution in [0.15, 0.2) is 18.3 Å². The predicted octanol–water partition coefficient (Wildman–Crippen LogP) is 0.834. The van der Waals surface area contributed by atoms with E-state index in [2.05, 4.69) is 4.98 Å². The number of carboxylic acids is 1. The highest BCUT2D eigenvalue weighted by Gasteiger charge is 2.54. The second-order valence-electron chi connectivity index (χ2n) is 4.14. The number of aliphatic carboxylic acids is 1. The summed E-state index contributed by atoms with van der Waals surface area (Å²) in [5.41, 5.74) is 7.17. The average molecular weight is 206 g/mol. The molecule has 0 aliphatic heterocycles. The van der Waals surface area contributed by atoms with E-state index in [1.165, 1.54) is 0 Å². The van der Waals surface area contributed by atoms with E-state index in [4.69, 9.17) is 10.8 Å². The summed E-state index contributed by atoms with van der Waals surface area (Å²) in [5, 5.41) is 8.96. The molecule has 1 saturated carbocycles. The molecule has 1 aromatic heterocycles. The fourth-order valence-electron chi connectivity index (χ4n) is 2.07. The standard InChI is InChI=1S/C11H14N2O2/c1-7-3-2-6-13-9(7)11(4-5-11)8(12)10(14)15/h2-3,6,8H,4-5,12H2,1H3,(H,14,15). The number of carboxylic acid groups (broad SMARTS) is 1. The Balaban J connectivity index is 2.39. The van der Waals surface area contributed by atoms with Crippen molar-refractivity contribution in [1.29, 1.82) is 0 Å². The molecule has 1 aliphatic rings. The average Bonchev–Trinajstić information content (AvgIpc) is 2.98. The lowest BCUT2D eigenvalue weighted by Gasteiger charge is -2.20. The predicted molar refractivity (Wildman–Crippen MR) is 55.5 cm³/mol. The van der Waals surface area contributed by atoms with E-state index in [1.54, 1.807) is 6.20 Å². The molecule has 4 heteroatoms. The van der Waals surface area contributed by atoms with Gasteiger partial charge >= 0.3 is 5.97 Å². The molecule has 0 aromatic carbocycles. The Labute approximate surface area is 88.1 Å². The molecule has 1 fully saturated rings. The molecule has 1 unspecified atom stereocenters. The zero-order valence-corrected chi connectivity index (χ0v) is 8.60. The topological polar surface area (TPSA) is 76.2 Å². The molecule has 2 rings (SSSR count). The summed E-state index contributed by atoms with van der Waals surface area (Å²) < 4.78 is 0. The molecule has 15 heavy (non-hydrogen) atoms. The van der Waals surface area contributed by atoms with E-state index in [1.807, 2.05) is 19.1 Å². The largest absolute Gasteiger partial charge is 0.480 e. The zero-order valence-electron chi connectivity index (χ0n) is 8.60. The number of hydrogen-bond donors (Lipinski definition) is 2. The number of pyridine rings is 1. The van der Waals surface area contributed by atoms with Gasteiger partial charge in [0.05, 0.1) is 5.69 Å². The third-order valence-corrected chi connectivity index (χ3v) is 3.13. The number of nitrogens with two attached hydrogens (primary N) is 1. The molecule has 4 nitrogen and oxygen atoms in total. The monoisotopic (exact) mass is 206 g/mol. The minimum Gasteiger partial charge on any atom is -0.480 e. The Kier molecular flexibility index (Phi) is 2.23. The van der Waals surface area contributed by atoms with Gasteiger partial charge in [-0.3, -0.25) is 9.78 Å². The molecule has 0 spiro atoms. The van der Waals surface area contributed by atoms with Crippen molar-refractivity contribution in [3.8, 4) is 0 Å². The van der Waals surface area contributed by atoms with Crippen LogP contribution in [0.3, 0.4) is 0 Å². The molecular formula is C11H14N2O2. The quantitative estimate of drug-likeness (QED) is 0.768. The summed E-state index contributed by atoms with van der Waals surface area (Å²) in [4.78, 5) is 15.2. The molecule has 80 valence electrons. The maximum Gasteiger partial charge on any atom is 0.321 e. The zero-order chi connectivity index (χ0) is 11.1. The van der Waals surface area contributed by atoms with Crippen LogP contribution in [-0.4, -0.2) is 22.1 Å². The van der Waals surface area contributed by atoms with Gasteiger partial charge in [-0.15, -0.1) is 0 Å². The smallest absolute Gasteiger partial charge is 0.321 e. The van der Waals surface area contributed by atoms with E-state index in [0.29, 0.717) is 0 Å². The van der Waals surface area contributed by atoms with Crippen LogP contribution in [0.5, 0.6) is 0 Å². The minimum atomic E-state index is -0.947. The summed E-state index contributed by atoms with van der Waals surface area (Å²) in [6, 6.07) is 2.95. The van der Waals surface area contributed by atoms with E-state index >= 15 is 0 Å². The number of carbonyl (C=O) groups is 1. The van der Waals surface area contributed by atoms with Gasteiger partial charge in [-0.25, -0.2) is 0 Å². The van der Waals surface area contributed by atoms with Gasteiger partial charge in [-0.05, 0) is 31.4 Å². The minimum absolute atomic E-state index is 0.419. The first-order valence-corrected chi connectivity index (χ1v) is 4.98. The fourth-order valence-corrected chi connectivity index (χ4v) is 2.07. The third kappa shape index (κ3) is 1.51. The lowest BCUT2D eigenvalue weighted by molar-refractivity contribution is -0.139. The highest BCUT2D eigenvalue weighted by Crippen LogP contribution is 2.50. The summed E-state index contributed by atoms with van der Waals surface area (Å²) in [5.74, 6) is -0.947. The molecule has 0 bridgehead atoms. The number of nitrogens with zero attached hydrogens (tertiary/aromatic N) is 1. The highest BCUT2D eigenvalue weighted by molar-refractivity contribution is 5.76. The van der Waals surface area contributed by atoms with Gasteiger partial charge in [-0.1, -0.05) is 6.07 Å². The highest BCUT2D eigenvalue weighted by atomic mass is 16.4. The van der Waals surface area contributed by atoms with Gasteiger partial charge in [0.1, 0.15) is 6.04 Å². The number of rotatable bonds is 3. The molecule has 0 radical (unpaired) electrons. The van der Waals surface area contributed by atoms with Crippen molar-refractivity contribution in [1.82, 2.24) is 4.98 Å². The van der Waals surface area contributed by atoms with Crippen molar-refractivity contribution in [3.05, 3.63) is 29.6 Å². The molecule has 1 atom stereocenters. The van der Waals surface area contributed by atoms with E-state index in [-0.39, 0.29) is 0 Å². The molecule has 1 heterocycles. The second kappa shape index (κ2) is 3.31. The van der Waals surface area contributed by atoms with Crippen molar-refractivity contribution in [2.45, 2.75) is 31.2 Å². The Morgan fingerprint density at radius 1 is 1.67 bits per heavy atom. The van der Waals surface area contributed by atoms with Crippen LogP contribution in [0.25, 0.3) is 0 Å². The molecule has 0 saturated heterocycles. The third-order valence-electron chi connectivity index (χ3n) is 3.13. The van der Waals surface area contributed by atoms with E-state index < -0.39 is 17.4 Å². The number of aromatic nitrogens is 1. The summed E-state index contributed by atoms with van der Waals surface area (Å²) in [7, 11) is 0. The SMILES string of the molecule is Cc1cccnc1C1(C(N)C(=O)O)CC1. The van der Waals surface area contributed by atoms with Crippen molar-refractivity contribution < 1.29 is 9.90 Å². The van der Waals surface area contributed by atoms with Crippen molar-refractivity contribution in [3.63, 3.8) is 0 Å². The van der Waals surface area contributed by atoms with Crippen LogP contribution in [0.2, 0.25) is 0 Å². The van der Waals surface area contributed by atoms with Gasteiger partial charge in [0.15, 0.2) is 0 Å². The van der Waals surface area contributed by atoms with Crippen molar-refractivity contribution in [2.75, 3.05) is 0 Å². The maximum atomic E-state index is 10.9. The van der Waals surface area contributed by atoms with Gasteiger partial charge in [0.2, 0.25) is 0 Å². The van der Waals surface area contributed by atoms with Crippen LogP contribution in [0.4, 0.5) is 0 Å². The first-order valence-electron chi connectivity index (χ1n) is 4.98. The summed E-state index contributed by atoms with van der Waals surface area (Å²) in [6.45, 7) is 1.94. The Morgan fingerprint density at radius 2 is 2.33 bits per heavy atom. The first-order chi connectivity index (χ1) is 7.08. The van der Waals surface area contributed by atoms with Gasteiger partial charge < -0.3 is 10.8 Å². The van der Waals surface area contributed by atoms with Crippen LogP contribution < -0.4 is 5.73 Å². The van der Waals surface area contributed by atoms with Crippen molar-refractivity contribution >= 4 is 5.97 Å². The van der Waals surface area contributed by atoms with Crippen LogP contribution in [0, 0.1) is 6.92 Å². The fraction of sp³-hybridized carbons (Fsp3) is 0.455. The normalized spacial score (nSPS) is 19.6. The van der Waals surface area contributed by atoms with Crippen LogP contribution in [0.1, 0.15) is 24.1 Å². The van der Waals surface area contributed by atoms with E-state index in [0.717, 1.165) is 24.1 Å². The summed E-state index contributed by atoms with van der Waals surface area (Å²) in [6.07, 6.45) is 3.33. The number of hydrogen-bond acceptors (Lipinski definition) is 3. The van der Waals surface area contributed by atoms with Gasteiger partial charge in [0, 0.05) is 11.6 Å². The lowest BCUT2D eigenvalue weighted by atomic mass is 9.90. The first kappa shape index (κ1) is 10.1. The molecule has 1 aromatic rings. The molecule has 3 N–H and O–H groups in total. The Bertz CT molecular complexity index is 399. The number of aryl methyl sites for hydroxylation is 1. The van der Waals surface area contributed by atoms with Gasteiger partial charge in [-0.2, -0.15) is 0 Å². The molecular weight excluding hydrogens is 192 g/mol. The van der Waals surface area contributed by atoms with Gasteiger partial charge in [0.25, 0.3) is 0 Å². The lowest BCUT2D eigenvalue weighted by Crippen LogP contribution is -2.42. The summed E-state index contributed by atoms with van der Waals surface area (Å²) >= 11 is 0. The van der Waals surface area contributed by atoms with Crippen LogP contribution in [-0.2, 0) is 10.2 Å². The second-order valence-corrected chi connectivity index (χ2v) is 4.14. The van der Waals surface area contributed by atoms with Crippen LogP contribution >= 0.6 is 0 Å². The maximum absolute atomic E-state index is 10.9. The molecule has 1 aliphatic carbocycles. The Morgan fingerprint density at radius 3 is 2.80 bits per heavy atom. The van der Waals surface area contributed by atoms with E-state index in [9.17, 15) is 4.79 Å².